The third-order valence-electron chi connectivity index (χ3n) is 2.97. The van der Waals surface area contributed by atoms with Crippen LogP contribution in [-0.4, -0.2) is 17.6 Å². The van der Waals surface area contributed by atoms with Gasteiger partial charge in [0.25, 0.3) is 0 Å². The number of hydrogen-bond donors (Lipinski definition) is 2. The fraction of sp³-hybridized carbons (Fsp3) is 0.308. The highest BCUT2D eigenvalue weighted by atomic mass is 16.4. The van der Waals surface area contributed by atoms with Crippen molar-refractivity contribution >= 4 is 5.97 Å². The predicted molar refractivity (Wildman–Crippen MR) is 61.0 cm³/mol. The van der Waals surface area contributed by atoms with E-state index in [1.165, 1.54) is 0 Å². The smallest absolute Gasteiger partial charge is 0.311 e. The molecule has 1 aliphatic rings. The number of carbonyl (C=O) groups is 1. The summed E-state index contributed by atoms with van der Waals surface area (Å²) in [5.74, 6) is 1.33. The average molecular weight is 215 g/mol. The minimum atomic E-state index is -0.766. The number of benzene rings is 1. The Hall–Kier alpha value is -1.79. The Morgan fingerprint density at radius 3 is 2.81 bits per heavy atom. The van der Waals surface area contributed by atoms with Gasteiger partial charge < -0.3 is 5.11 Å². The number of rotatable bonds is 3. The molecule has 3 heteroatoms. The molecule has 1 aliphatic carbocycles. The highest BCUT2D eigenvalue weighted by molar-refractivity contribution is 5.78. The van der Waals surface area contributed by atoms with Crippen LogP contribution in [0.3, 0.4) is 0 Å². The molecule has 0 aliphatic heterocycles. The molecular formula is C13H13NO2. The molecule has 3 nitrogen and oxygen atoms in total. The summed E-state index contributed by atoms with van der Waals surface area (Å²) < 4.78 is 0. The fourth-order valence-corrected chi connectivity index (χ4v) is 2.24. The molecule has 0 bridgehead atoms. The maximum Gasteiger partial charge on any atom is 0.311 e. The molecule has 0 radical (unpaired) electrons. The molecule has 0 saturated carbocycles. The quantitative estimate of drug-likeness (QED) is 0.752. The van der Waals surface area contributed by atoms with Gasteiger partial charge >= 0.3 is 5.97 Å². The SMILES string of the molecule is C#CCNC1CC(C(=O)O)c2ccccc21. The van der Waals surface area contributed by atoms with Gasteiger partial charge in [0.15, 0.2) is 0 Å². The molecule has 0 spiro atoms. The molecule has 1 aromatic carbocycles. The van der Waals surface area contributed by atoms with Crippen molar-refractivity contribution in [1.29, 1.82) is 0 Å². The van der Waals surface area contributed by atoms with E-state index in [4.69, 9.17) is 11.5 Å². The number of nitrogens with one attached hydrogen (secondary N) is 1. The second-order valence-electron chi connectivity index (χ2n) is 3.89. The zero-order chi connectivity index (χ0) is 11.5. The Balaban J connectivity index is 2.29. The summed E-state index contributed by atoms with van der Waals surface area (Å²) in [6.07, 6.45) is 5.77. The predicted octanol–water partition coefficient (Wildman–Crippen LogP) is 1.52. The molecule has 2 unspecified atom stereocenters. The van der Waals surface area contributed by atoms with Gasteiger partial charge in [-0.25, -0.2) is 0 Å². The van der Waals surface area contributed by atoms with E-state index >= 15 is 0 Å². The van der Waals surface area contributed by atoms with E-state index in [9.17, 15) is 4.79 Å². The van der Waals surface area contributed by atoms with Crippen molar-refractivity contribution in [3.05, 3.63) is 35.4 Å². The lowest BCUT2D eigenvalue weighted by atomic mass is 10.0. The summed E-state index contributed by atoms with van der Waals surface area (Å²) in [4.78, 5) is 11.1. The van der Waals surface area contributed by atoms with E-state index < -0.39 is 11.9 Å². The van der Waals surface area contributed by atoms with Crippen LogP contribution < -0.4 is 5.32 Å². The van der Waals surface area contributed by atoms with Crippen LogP contribution in [0.15, 0.2) is 24.3 Å². The third-order valence-corrected chi connectivity index (χ3v) is 2.97. The Bertz CT molecular complexity index is 447. The molecule has 0 saturated heterocycles. The molecule has 2 rings (SSSR count). The summed E-state index contributed by atoms with van der Waals surface area (Å²) in [5.41, 5.74) is 1.97. The molecule has 16 heavy (non-hydrogen) atoms. The summed E-state index contributed by atoms with van der Waals surface area (Å²) in [6, 6.07) is 7.71. The van der Waals surface area contributed by atoms with E-state index in [1.807, 2.05) is 24.3 Å². The van der Waals surface area contributed by atoms with Gasteiger partial charge in [-0.1, -0.05) is 30.2 Å². The van der Waals surface area contributed by atoms with Crippen molar-refractivity contribution in [3.8, 4) is 12.3 Å². The molecule has 82 valence electrons. The van der Waals surface area contributed by atoms with Crippen LogP contribution in [0.2, 0.25) is 0 Å². The number of fused-ring (bicyclic) bond motifs is 1. The monoisotopic (exact) mass is 215 g/mol. The van der Waals surface area contributed by atoms with Gasteiger partial charge in [0, 0.05) is 6.04 Å². The molecule has 0 heterocycles. The maximum absolute atomic E-state index is 11.1. The van der Waals surface area contributed by atoms with Crippen LogP contribution in [0.1, 0.15) is 29.5 Å². The first-order valence-electron chi connectivity index (χ1n) is 5.22. The number of terminal acetylenes is 1. The standard InChI is InChI=1S/C13H13NO2/c1-2-7-14-12-8-11(13(15)16)9-5-3-4-6-10(9)12/h1,3-6,11-12,14H,7-8H2,(H,15,16). The third kappa shape index (κ3) is 1.80. The van der Waals surface area contributed by atoms with E-state index in [2.05, 4.69) is 11.2 Å². The highest BCUT2D eigenvalue weighted by Gasteiger charge is 2.34. The van der Waals surface area contributed by atoms with Crippen LogP contribution in [0.4, 0.5) is 0 Å². The fourth-order valence-electron chi connectivity index (χ4n) is 2.24. The van der Waals surface area contributed by atoms with Gasteiger partial charge in [0.05, 0.1) is 12.5 Å². The lowest BCUT2D eigenvalue weighted by molar-refractivity contribution is -0.138. The summed E-state index contributed by atoms with van der Waals surface area (Å²) >= 11 is 0. The van der Waals surface area contributed by atoms with E-state index in [1.54, 1.807) is 0 Å². The average Bonchev–Trinajstić information content (AvgIpc) is 2.65. The van der Waals surface area contributed by atoms with Crippen molar-refractivity contribution < 1.29 is 9.90 Å². The van der Waals surface area contributed by atoms with Crippen LogP contribution >= 0.6 is 0 Å². The molecule has 0 fully saturated rings. The molecule has 0 aromatic heterocycles. The number of aliphatic carboxylic acids is 1. The van der Waals surface area contributed by atoms with Crippen LogP contribution in [0.25, 0.3) is 0 Å². The Morgan fingerprint density at radius 2 is 2.19 bits per heavy atom. The zero-order valence-electron chi connectivity index (χ0n) is 8.81. The molecular weight excluding hydrogens is 202 g/mol. The van der Waals surface area contributed by atoms with Crippen LogP contribution in [0.5, 0.6) is 0 Å². The van der Waals surface area contributed by atoms with Gasteiger partial charge in [-0.05, 0) is 17.5 Å². The van der Waals surface area contributed by atoms with Gasteiger partial charge in [0.2, 0.25) is 0 Å². The zero-order valence-corrected chi connectivity index (χ0v) is 8.81. The first-order chi connectivity index (χ1) is 7.74. The Morgan fingerprint density at radius 1 is 1.50 bits per heavy atom. The summed E-state index contributed by atoms with van der Waals surface area (Å²) in [5, 5.41) is 12.3. The number of hydrogen-bond acceptors (Lipinski definition) is 2. The topological polar surface area (TPSA) is 49.3 Å². The van der Waals surface area contributed by atoms with Gasteiger partial charge in [-0.2, -0.15) is 0 Å². The van der Waals surface area contributed by atoms with Gasteiger partial charge in [-0.15, -0.1) is 6.42 Å². The lowest BCUT2D eigenvalue weighted by Crippen LogP contribution is -2.20. The molecule has 2 N–H and O–H groups in total. The van der Waals surface area contributed by atoms with Crippen molar-refractivity contribution in [3.63, 3.8) is 0 Å². The van der Waals surface area contributed by atoms with Crippen LogP contribution in [-0.2, 0) is 4.79 Å². The normalized spacial score (nSPS) is 22.4. The second kappa shape index (κ2) is 4.38. The Kier molecular flexibility index (Phi) is 2.93. The van der Waals surface area contributed by atoms with Gasteiger partial charge in [0.1, 0.15) is 0 Å². The van der Waals surface area contributed by atoms with Crippen LogP contribution in [0, 0.1) is 12.3 Å². The molecule has 2 atom stereocenters. The molecule has 1 aromatic rings. The van der Waals surface area contributed by atoms with Crippen molar-refractivity contribution in [2.24, 2.45) is 0 Å². The minimum Gasteiger partial charge on any atom is -0.481 e. The van der Waals surface area contributed by atoms with Crippen molar-refractivity contribution in [1.82, 2.24) is 5.32 Å². The Labute approximate surface area is 94.5 Å². The largest absolute Gasteiger partial charge is 0.481 e. The number of carboxylic acids is 1. The highest BCUT2D eigenvalue weighted by Crippen LogP contribution is 2.39. The van der Waals surface area contributed by atoms with E-state index in [-0.39, 0.29) is 6.04 Å². The first kappa shape index (κ1) is 10.7. The van der Waals surface area contributed by atoms with Crippen molar-refractivity contribution in [2.75, 3.05) is 6.54 Å². The maximum atomic E-state index is 11.1. The van der Waals surface area contributed by atoms with Gasteiger partial charge in [-0.3, -0.25) is 10.1 Å². The minimum absolute atomic E-state index is 0.0633. The second-order valence-corrected chi connectivity index (χ2v) is 3.89. The van der Waals surface area contributed by atoms with E-state index in [0.717, 1.165) is 11.1 Å². The lowest BCUT2D eigenvalue weighted by Gasteiger charge is -2.11. The van der Waals surface area contributed by atoms with Crippen molar-refractivity contribution in [2.45, 2.75) is 18.4 Å². The summed E-state index contributed by atoms with van der Waals surface area (Å²) in [7, 11) is 0. The molecule has 0 amide bonds. The first-order valence-corrected chi connectivity index (χ1v) is 5.22. The summed E-state index contributed by atoms with van der Waals surface area (Å²) in [6.45, 7) is 0.464. The number of carboxylic acid groups (broad SMARTS) is 1. The van der Waals surface area contributed by atoms with E-state index in [0.29, 0.717) is 13.0 Å².